The van der Waals surface area contributed by atoms with E-state index in [1.807, 2.05) is 18.2 Å². The Hall–Kier alpha value is -1.66. The molecule has 10 heteroatoms. The average Bonchev–Trinajstić information content (AvgIpc) is 3.37. The second kappa shape index (κ2) is 9.77. The Kier molecular flexibility index (Phi) is 7.31. The van der Waals surface area contributed by atoms with Crippen molar-refractivity contribution in [3.05, 3.63) is 91.9 Å². The van der Waals surface area contributed by atoms with Crippen molar-refractivity contribution in [2.75, 3.05) is 17.3 Å². The summed E-state index contributed by atoms with van der Waals surface area (Å²) >= 11 is 37.6. The smallest absolute Gasteiger partial charge is 0.259 e. The van der Waals surface area contributed by atoms with Gasteiger partial charge in [0.1, 0.15) is 4.33 Å². The molecule has 2 amide bonds. The third kappa shape index (κ3) is 4.99. The number of anilines is 2. The van der Waals surface area contributed by atoms with Crippen molar-refractivity contribution in [1.82, 2.24) is 0 Å². The number of carbonyl (C=O) groups is 2. The van der Waals surface area contributed by atoms with Crippen molar-refractivity contribution in [2.24, 2.45) is 5.92 Å². The van der Waals surface area contributed by atoms with Crippen molar-refractivity contribution in [3.63, 3.8) is 0 Å². The number of hydrogen-bond acceptors (Lipinski definition) is 2. The highest BCUT2D eigenvalue weighted by molar-refractivity contribution is 6.53. The summed E-state index contributed by atoms with van der Waals surface area (Å²) in [5.41, 5.74) is 1.73. The molecule has 4 nitrogen and oxygen atoms in total. The zero-order chi connectivity index (χ0) is 24.8. The van der Waals surface area contributed by atoms with Crippen LogP contribution in [0.2, 0.25) is 20.1 Å². The van der Waals surface area contributed by atoms with Gasteiger partial charge in [-0.2, -0.15) is 0 Å². The molecule has 1 aliphatic carbocycles. The van der Waals surface area contributed by atoms with Gasteiger partial charge in [-0.15, -0.1) is 23.2 Å². The van der Waals surface area contributed by atoms with E-state index < -0.39 is 28.0 Å². The van der Waals surface area contributed by atoms with E-state index in [9.17, 15) is 9.59 Å². The third-order valence-corrected chi connectivity index (χ3v) is 7.73. The molecule has 0 heterocycles. The van der Waals surface area contributed by atoms with Crippen molar-refractivity contribution in [1.29, 1.82) is 0 Å². The van der Waals surface area contributed by atoms with Gasteiger partial charge in [0.05, 0.1) is 21.5 Å². The number of amides is 2. The fourth-order valence-corrected chi connectivity index (χ4v) is 5.59. The van der Waals surface area contributed by atoms with Crippen molar-refractivity contribution in [3.8, 4) is 0 Å². The van der Waals surface area contributed by atoms with Gasteiger partial charge in [0.15, 0.2) is 0 Å². The SMILES string of the molecule is CN(C(=O)c1cc(NC(=O)C2C(c3cc(Cl)cc(Cl)c3)C2(Cl)Cl)cc(Cl)c1Cl)c1ccccc1. The van der Waals surface area contributed by atoms with Crippen molar-refractivity contribution in [2.45, 2.75) is 10.3 Å². The second-order valence-corrected chi connectivity index (χ2v) is 10.9. The van der Waals surface area contributed by atoms with Crippen LogP contribution in [-0.2, 0) is 4.79 Å². The lowest BCUT2D eigenvalue weighted by Crippen LogP contribution is -2.26. The number of nitrogens with one attached hydrogen (secondary N) is 1. The average molecular weight is 577 g/mol. The first-order chi connectivity index (χ1) is 16.0. The first kappa shape index (κ1) is 25.4. The summed E-state index contributed by atoms with van der Waals surface area (Å²) < 4.78 is -1.35. The summed E-state index contributed by atoms with van der Waals surface area (Å²) in [4.78, 5) is 27.6. The quantitative estimate of drug-likeness (QED) is 0.312. The molecule has 0 aromatic heterocycles. The van der Waals surface area contributed by atoms with Crippen LogP contribution in [0, 0.1) is 5.92 Å². The number of rotatable bonds is 5. The van der Waals surface area contributed by atoms with Crippen LogP contribution in [0.3, 0.4) is 0 Å². The lowest BCUT2D eigenvalue weighted by Gasteiger charge is -2.19. The minimum absolute atomic E-state index is 0.0781. The highest BCUT2D eigenvalue weighted by atomic mass is 35.5. The molecule has 2 atom stereocenters. The second-order valence-electron chi connectivity index (χ2n) is 7.84. The maximum Gasteiger partial charge on any atom is 0.259 e. The first-order valence-corrected chi connectivity index (χ1v) is 12.2. The molecule has 1 saturated carbocycles. The van der Waals surface area contributed by atoms with Gasteiger partial charge in [0.25, 0.3) is 5.91 Å². The molecule has 34 heavy (non-hydrogen) atoms. The van der Waals surface area contributed by atoms with E-state index in [1.54, 1.807) is 37.4 Å². The first-order valence-electron chi connectivity index (χ1n) is 9.97. The lowest BCUT2D eigenvalue weighted by atomic mass is 10.1. The highest BCUT2D eigenvalue weighted by Crippen LogP contribution is 2.65. The summed E-state index contributed by atoms with van der Waals surface area (Å²) in [6.07, 6.45) is 0. The van der Waals surface area contributed by atoms with Gasteiger partial charge < -0.3 is 10.2 Å². The number of halogens is 6. The maximum atomic E-state index is 13.1. The Morgan fingerprint density at radius 1 is 0.912 bits per heavy atom. The monoisotopic (exact) mass is 574 g/mol. The van der Waals surface area contributed by atoms with Gasteiger partial charge in [0.2, 0.25) is 5.91 Å². The van der Waals surface area contributed by atoms with Crippen LogP contribution in [0.1, 0.15) is 21.8 Å². The number of carbonyl (C=O) groups excluding carboxylic acids is 2. The Balaban J connectivity index is 1.58. The fraction of sp³-hybridized carbons (Fsp3) is 0.167. The van der Waals surface area contributed by atoms with Gasteiger partial charge in [-0.3, -0.25) is 9.59 Å². The maximum absolute atomic E-state index is 13.1. The summed E-state index contributed by atoms with van der Waals surface area (Å²) in [6.45, 7) is 0. The number of para-hydroxylation sites is 1. The van der Waals surface area contributed by atoms with Crippen LogP contribution in [0.4, 0.5) is 11.4 Å². The molecular formula is C24H16Cl6N2O2. The third-order valence-electron chi connectivity index (χ3n) is 5.55. The number of benzene rings is 3. The van der Waals surface area contributed by atoms with Crippen LogP contribution >= 0.6 is 69.6 Å². The predicted octanol–water partition coefficient (Wildman–Crippen LogP) is 8.10. The molecule has 1 aliphatic rings. The highest BCUT2D eigenvalue weighted by Gasteiger charge is 2.67. The molecule has 0 aliphatic heterocycles. The zero-order valence-corrected chi connectivity index (χ0v) is 22.0. The van der Waals surface area contributed by atoms with Crippen molar-refractivity contribution >= 4 is 92.8 Å². The van der Waals surface area contributed by atoms with E-state index in [0.29, 0.717) is 21.3 Å². The Labute approximate surface area is 226 Å². The van der Waals surface area contributed by atoms with Gasteiger partial charge in [-0.25, -0.2) is 0 Å². The lowest BCUT2D eigenvalue weighted by molar-refractivity contribution is -0.117. The number of nitrogens with zero attached hydrogens (tertiary/aromatic N) is 1. The van der Waals surface area contributed by atoms with Crippen molar-refractivity contribution < 1.29 is 9.59 Å². The number of alkyl halides is 2. The molecule has 3 aromatic rings. The Morgan fingerprint density at radius 3 is 2.15 bits per heavy atom. The van der Waals surface area contributed by atoms with Crippen LogP contribution in [0.15, 0.2) is 60.7 Å². The Morgan fingerprint density at radius 2 is 1.53 bits per heavy atom. The minimum Gasteiger partial charge on any atom is -0.326 e. The Bertz CT molecular complexity index is 1260. The molecule has 4 rings (SSSR count). The molecule has 0 spiro atoms. The van der Waals surface area contributed by atoms with Crippen LogP contribution in [0.25, 0.3) is 0 Å². The van der Waals surface area contributed by atoms with Gasteiger partial charge in [-0.05, 0) is 48.0 Å². The van der Waals surface area contributed by atoms with E-state index >= 15 is 0 Å². The van der Waals surface area contributed by atoms with Crippen LogP contribution in [-0.4, -0.2) is 23.2 Å². The molecule has 0 bridgehead atoms. The van der Waals surface area contributed by atoms with E-state index in [-0.39, 0.29) is 21.3 Å². The minimum atomic E-state index is -1.35. The largest absolute Gasteiger partial charge is 0.326 e. The summed E-state index contributed by atoms with van der Waals surface area (Å²) in [6, 6.07) is 16.9. The normalized spacial score (nSPS) is 18.3. The standard InChI is InChI=1S/C24H16Cl6N2O2/c1-32(16-5-3-2-4-6-16)23(34)17-10-15(11-18(27)21(17)28)31-22(33)20-19(24(20,29)30)12-7-13(25)9-14(26)8-12/h2-11,19-20H,1H3,(H,31,33). The summed E-state index contributed by atoms with van der Waals surface area (Å²) in [7, 11) is 1.62. The number of hydrogen-bond donors (Lipinski definition) is 1. The van der Waals surface area contributed by atoms with E-state index in [2.05, 4.69) is 5.32 Å². The summed E-state index contributed by atoms with van der Waals surface area (Å²) in [5.74, 6) is -2.12. The molecular weight excluding hydrogens is 561 g/mol. The molecule has 1 N–H and O–H groups in total. The summed E-state index contributed by atoms with van der Waals surface area (Å²) in [5, 5.41) is 3.75. The van der Waals surface area contributed by atoms with E-state index in [4.69, 9.17) is 69.6 Å². The topological polar surface area (TPSA) is 49.4 Å². The van der Waals surface area contributed by atoms with Gasteiger partial charge in [0, 0.05) is 34.4 Å². The molecule has 176 valence electrons. The fourth-order valence-electron chi connectivity index (χ4n) is 3.81. The molecule has 2 unspecified atom stereocenters. The molecule has 3 aromatic carbocycles. The van der Waals surface area contributed by atoms with Crippen LogP contribution < -0.4 is 10.2 Å². The van der Waals surface area contributed by atoms with E-state index in [0.717, 1.165) is 0 Å². The van der Waals surface area contributed by atoms with Crippen LogP contribution in [0.5, 0.6) is 0 Å². The molecule has 0 saturated heterocycles. The van der Waals surface area contributed by atoms with E-state index in [1.165, 1.54) is 17.0 Å². The van der Waals surface area contributed by atoms with Gasteiger partial charge in [-0.1, -0.05) is 64.6 Å². The predicted molar refractivity (Wildman–Crippen MR) is 141 cm³/mol. The van der Waals surface area contributed by atoms with Gasteiger partial charge >= 0.3 is 0 Å². The zero-order valence-electron chi connectivity index (χ0n) is 17.5. The molecule has 0 radical (unpaired) electrons. The molecule has 1 fully saturated rings.